The van der Waals surface area contributed by atoms with Crippen molar-refractivity contribution in [2.75, 3.05) is 0 Å². The Kier molecular flexibility index (Phi) is 4.01. The summed E-state index contributed by atoms with van der Waals surface area (Å²) in [7, 11) is 2.03. The molecule has 3 nitrogen and oxygen atoms in total. The average Bonchev–Trinajstić information content (AvgIpc) is 3.37. The van der Waals surface area contributed by atoms with Crippen molar-refractivity contribution in [3.63, 3.8) is 0 Å². The number of carboxylic acid groups (broad SMARTS) is 1. The minimum Gasteiger partial charge on any atom is -0.478 e. The number of nitrogens with zero attached hydrogens (tertiary/aromatic N) is 1. The van der Waals surface area contributed by atoms with Gasteiger partial charge in [-0.3, -0.25) is 0 Å². The normalized spacial score (nSPS) is 14.2. The third kappa shape index (κ3) is 2.92. The zero-order valence-corrected chi connectivity index (χ0v) is 15.2. The highest BCUT2D eigenvalue weighted by atomic mass is 35.5. The molecule has 0 saturated heterocycles. The SMILES string of the molecule is Cn1c(Cc2c(Cl)ccc(C(=O)O)c2Cl)cc2ccc(C3CC3)cc21. The van der Waals surface area contributed by atoms with Crippen LogP contribution in [0, 0.1) is 0 Å². The Morgan fingerprint density at radius 2 is 1.96 bits per heavy atom. The van der Waals surface area contributed by atoms with Crippen LogP contribution < -0.4 is 0 Å². The lowest BCUT2D eigenvalue weighted by atomic mass is 10.1. The molecule has 0 unspecified atom stereocenters. The first kappa shape index (κ1) is 16.5. The Labute approximate surface area is 155 Å². The lowest BCUT2D eigenvalue weighted by Crippen LogP contribution is -2.03. The van der Waals surface area contributed by atoms with Gasteiger partial charge < -0.3 is 9.67 Å². The number of fused-ring (bicyclic) bond motifs is 1. The molecule has 128 valence electrons. The van der Waals surface area contributed by atoms with Crippen LogP contribution in [0.25, 0.3) is 10.9 Å². The molecule has 3 aromatic rings. The molecule has 1 N–H and O–H groups in total. The Morgan fingerprint density at radius 3 is 2.64 bits per heavy atom. The van der Waals surface area contributed by atoms with Gasteiger partial charge in [0.15, 0.2) is 0 Å². The van der Waals surface area contributed by atoms with Gasteiger partial charge in [0.25, 0.3) is 0 Å². The molecule has 0 radical (unpaired) electrons. The van der Waals surface area contributed by atoms with Gasteiger partial charge in [0, 0.05) is 29.7 Å². The van der Waals surface area contributed by atoms with Gasteiger partial charge in [0.2, 0.25) is 0 Å². The van der Waals surface area contributed by atoms with Crippen LogP contribution in [0.15, 0.2) is 36.4 Å². The Bertz CT molecular complexity index is 1000. The molecule has 0 atom stereocenters. The molecule has 0 spiro atoms. The second-order valence-corrected chi connectivity index (χ2v) is 7.44. The van der Waals surface area contributed by atoms with E-state index in [1.165, 1.54) is 35.4 Å². The molecule has 2 aromatic carbocycles. The molecule has 1 heterocycles. The van der Waals surface area contributed by atoms with E-state index < -0.39 is 5.97 Å². The molecule has 1 aliphatic carbocycles. The predicted molar refractivity (Wildman–Crippen MR) is 101 cm³/mol. The van der Waals surface area contributed by atoms with Crippen molar-refractivity contribution >= 4 is 40.1 Å². The molecule has 1 saturated carbocycles. The van der Waals surface area contributed by atoms with E-state index in [0.29, 0.717) is 22.9 Å². The van der Waals surface area contributed by atoms with Crippen molar-refractivity contribution in [3.05, 3.63) is 68.8 Å². The van der Waals surface area contributed by atoms with Crippen LogP contribution >= 0.6 is 23.2 Å². The summed E-state index contributed by atoms with van der Waals surface area (Å²) in [4.78, 5) is 11.3. The molecule has 1 fully saturated rings. The van der Waals surface area contributed by atoms with Gasteiger partial charge in [-0.05, 0) is 59.5 Å². The van der Waals surface area contributed by atoms with Gasteiger partial charge in [-0.1, -0.05) is 35.3 Å². The molecule has 25 heavy (non-hydrogen) atoms. The number of rotatable bonds is 4. The standard InChI is InChI=1S/C20H17Cl2NO2/c1-23-14(8-13-5-4-12(9-18(13)23)11-2-3-11)10-16-17(21)7-6-15(19(16)22)20(24)25/h4-9,11H,2-3,10H2,1H3,(H,24,25). The molecular weight excluding hydrogens is 357 g/mol. The monoisotopic (exact) mass is 373 g/mol. The average molecular weight is 374 g/mol. The van der Waals surface area contributed by atoms with Gasteiger partial charge >= 0.3 is 5.97 Å². The number of aryl methyl sites for hydroxylation is 1. The Hall–Kier alpha value is -1.97. The largest absolute Gasteiger partial charge is 0.478 e. The number of carbonyl (C=O) groups is 1. The van der Waals surface area contributed by atoms with E-state index in [0.717, 1.165) is 5.69 Å². The van der Waals surface area contributed by atoms with E-state index in [4.69, 9.17) is 23.2 Å². The van der Waals surface area contributed by atoms with Crippen molar-refractivity contribution in [3.8, 4) is 0 Å². The second kappa shape index (κ2) is 6.08. The fraction of sp³-hybridized carbons (Fsp3) is 0.250. The second-order valence-electron chi connectivity index (χ2n) is 6.66. The topological polar surface area (TPSA) is 42.2 Å². The van der Waals surface area contributed by atoms with E-state index in [-0.39, 0.29) is 10.6 Å². The van der Waals surface area contributed by atoms with Crippen LogP contribution in [0.5, 0.6) is 0 Å². The van der Waals surface area contributed by atoms with Crippen LogP contribution in [0.4, 0.5) is 0 Å². The maximum absolute atomic E-state index is 11.3. The summed E-state index contributed by atoms with van der Waals surface area (Å²) in [5.41, 5.74) is 4.35. The van der Waals surface area contributed by atoms with Crippen LogP contribution in [-0.4, -0.2) is 15.6 Å². The Balaban J connectivity index is 1.77. The lowest BCUT2D eigenvalue weighted by Gasteiger charge is -2.11. The van der Waals surface area contributed by atoms with Crippen molar-refractivity contribution < 1.29 is 9.90 Å². The maximum atomic E-state index is 11.3. The third-order valence-corrected chi connectivity index (χ3v) is 5.78. The van der Waals surface area contributed by atoms with Gasteiger partial charge in [0.05, 0.1) is 10.6 Å². The first-order valence-corrected chi connectivity index (χ1v) is 8.99. The predicted octanol–water partition coefficient (Wildman–Crippen LogP) is 5.65. The van der Waals surface area contributed by atoms with Crippen LogP contribution in [-0.2, 0) is 13.5 Å². The van der Waals surface area contributed by atoms with Crippen molar-refractivity contribution in [1.29, 1.82) is 0 Å². The number of aromatic carboxylic acids is 1. The van der Waals surface area contributed by atoms with Gasteiger partial charge in [-0.2, -0.15) is 0 Å². The van der Waals surface area contributed by atoms with Gasteiger partial charge in [-0.25, -0.2) is 4.79 Å². The third-order valence-electron chi connectivity index (χ3n) is 4.99. The van der Waals surface area contributed by atoms with E-state index in [1.807, 2.05) is 7.05 Å². The fourth-order valence-corrected chi connectivity index (χ4v) is 3.94. The molecule has 1 aromatic heterocycles. The minimum atomic E-state index is -1.05. The van der Waals surface area contributed by atoms with Gasteiger partial charge in [-0.15, -0.1) is 0 Å². The zero-order chi connectivity index (χ0) is 17.7. The van der Waals surface area contributed by atoms with Crippen molar-refractivity contribution in [2.24, 2.45) is 7.05 Å². The number of carboxylic acids is 1. The van der Waals surface area contributed by atoms with Crippen LogP contribution in [0.3, 0.4) is 0 Å². The van der Waals surface area contributed by atoms with Crippen molar-refractivity contribution in [2.45, 2.75) is 25.2 Å². The molecule has 0 bridgehead atoms. The summed E-state index contributed by atoms with van der Waals surface area (Å²) >= 11 is 12.6. The van der Waals surface area contributed by atoms with E-state index in [9.17, 15) is 9.90 Å². The van der Waals surface area contributed by atoms with E-state index >= 15 is 0 Å². The summed E-state index contributed by atoms with van der Waals surface area (Å²) in [5, 5.41) is 11.1. The van der Waals surface area contributed by atoms with E-state index in [2.05, 4.69) is 28.8 Å². The van der Waals surface area contributed by atoms with E-state index in [1.54, 1.807) is 6.07 Å². The number of benzene rings is 2. The number of hydrogen-bond acceptors (Lipinski definition) is 1. The first-order valence-electron chi connectivity index (χ1n) is 8.24. The highest BCUT2D eigenvalue weighted by molar-refractivity contribution is 6.38. The summed E-state index contributed by atoms with van der Waals surface area (Å²) in [6.45, 7) is 0. The summed E-state index contributed by atoms with van der Waals surface area (Å²) < 4.78 is 2.14. The number of aromatic nitrogens is 1. The highest BCUT2D eigenvalue weighted by Crippen LogP contribution is 2.41. The summed E-state index contributed by atoms with van der Waals surface area (Å²) in [5.74, 6) is -0.340. The molecule has 5 heteroatoms. The molecular formula is C20H17Cl2NO2. The quantitative estimate of drug-likeness (QED) is 0.641. The molecule has 0 aliphatic heterocycles. The molecule has 0 amide bonds. The molecule has 1 aliphatic rings. The summed E-state index contributed by atoms with van der Waals surface area (Å²) in [6.07, 6.45) is 3.04. The van der Waals surface area contributed by atoms with Crippen molar-refractivity contribution in [1.82, 2.24) is 4.57 Å². The highest BCUT2D eigenvalue weighted by Gasteiger charge is 2.24. The number of halogens is 2. The fourth-order valence-electron chi connectivity index (χ4n) is 3.35. The first-order chi connectivity index (χ1) is 12.0. The Morgan fingerprint density at radius 1 is 1.20 bits per heavy atom. The van der Waals surface area contributed by atoms with Gasteiger partial charge in [0.1, 0.15) is 0 Å². The molecule has 4 rings (SSSR count). The van der Waals surface area contributed by atoms with Crippen LogP contribution in [0.2, 0.25) is 10.0 Å². The smallest absolute Gasteiger partial charge is 0.337 e. The lowest BCUT2D eigenvalue weighted by molar-refractivity contribution is 0.0697. The maximum Gasteiger partial charge on any atom is 0.337 e. The summed E-state index contributed by atoms with van der Waals surface area (Å²) in [6, 6.07) is 11.8. The zero-order valence-electron chi connectivity index (χ0n) is 13.7. The minimum absolute atomic E-state index is 0.0795. The van der Waals surface area contributed by atoms with Crippen LogP contribution in [0.1, 0.15) is 45.9 Å². The number of hydrogen-bond donors (Lipinski definition) is 1.